The second-order valence-electron chi connectivity index (χ2n) is 5.43. The fraction of sp³-hybridized carbons (Fsp3) is 0.222. The van der Waals surface area contributed by atoms with Crippen LogP contribution >= 0.6 is 11.8 Å². The monoisotopic (exact) mass is 359 g/mol. The van der Waals surface area contributed by atoms with E-state index in [2.05, 4.69) is 10.1 Å². The fourth-order valence-corrected chi connectivity index (χ4v) is 3.16. The molecule has 0 N–H and O–H groups in total. The molecule has 3 rings (SSSR count). The summed E-state index contributed by atoms with van der Waals surface area (Å²) < 4.78 is 25.7. The molecular weight excluding hydrogens is 341 g/mol. The van der Waals surface area contributed by atoms with Crippen LogP contribution in [0.1, 0.15) is 11.1 Å². The van der Waals surface area contributed by atoms with Gasteiger partial charge in [-0.2, -0.15) is 9.37 Å². The molecule has 0 radical (unpaired) electrons. The van der Waals surface area contributed by atoms with Crippen LogP contribution < -0.4 is 9.47 Å². The van der Waals surface area contributed by atoms with Crippen molar-refractivity contribution in [2.45, 2.75) is 23.5 Å². The Bertz CT molecular complexity index is 865. The number of halogens is 1. The van der Waals surface area contributed by atoms with Crippen LogP contribution in [-0.2, 0) is 6.54 Å². The SMILES string of the molecule is COc1ccc(Cn2nc(F)nc2Sc2ccc(C)cc2)cc1OC. The van der Waals surface area contributed by atoms with E-state index in [1.807, 2.05) is 49.4 Å². The molecule has 3 aromatic rings. The topological polar surface area (TPSA) is 49.2 Å². The largest absolute Gasteiger partial charge is 0.493 e. The van der Waals surface area contributed by atoms with Gasteiger partial charge in [-0.1, -0.05) is 35.5 Å². The summed E-state index contributed by atoms with van der Waals surface area (Å²) in [5.41, 5.74) is 2.08. The maximum absolute atomic E-state index is 13.6. The van der Waals surface area contributed by atoms with Gasteiger partial charge in [0.25, 0.3) is 0 Å². The third-order valence-electron chi connectivity index (χ3n) is 3.62. The number of hydrogen-bond acceptors (Lipinski definition) is 5. The Balaban J connectivity index is 1.84. The normalized spacial score (nSPS) is 10.7. The Morgan fingerprint density at radius 2 is 1.76 bits per heavy atom. The zero-order valence-corrected chi connectivity index (χ0v) is 15.0. The predicted octanol–water partition coefficient (Wildman–Crippen LogP) is 3.94. The first-order valence-electron chi connectivity index (χ1n) is 7.65. The zero-order chi connectivity index (χ0) is 17.8. The second-order valence-corrected chi connectivity index (χ2v) is 6.47. The number of aryl methyl sites for hydroxylation is 1. The minimum absolute atomic E-state index is 0.380. The highest BCUT2D eigenvalue weighted by Crippen LogP contribution is 2.30. The van der Waals surface area contributed by atoms with E-state index >= 15 is 0 Å². The van der Waals surface area contributed by atoms with Crippen molar-refractivity contribution in [3.05, 3.63) is 59.7 Å². The van der Waals surface area contributed by atoms with E-state index in [0.717, 1.165) is 10.5 Å². The first kappa shape index (κ1) is 17.3. The van der Waals surface area contributed by atoms with Crippen molar-refractivity contribution in [1.82, 2.24) is 14.8 Å². The minimum atomic E-state index is -0.741. The van der Waals surface area contributed by atoms with Gasteiger partial charge in [-0.3, -0.25) is 0 Å². The quantitative estimate of drug-likeness (QED) is 0.667. The molecule has 0 saturated heterocycles. The van der Waals surface area contributed by atoms with Crippen molar-refractivity contribution >= 4 is 11.8 Å². The van der Waals surface area contributed by atoms with E-state index in [4.69, 9.17) is 9.47 Å². The van der Waals surface area contributed by atoms with Crippen LogP contribution in [0, 0.1) is 13.0 Å². The summed E-state index contributed by atoms with van der Waals surface area (Å²) in [6.07, 6.45) is -0.741. The molecule has 1 aromatic heterocycles. The van der Waals surface area contributed by atoms with Crippen LogP contribution in [0.2, 0.25) is 0 Å². The van der Waals surface area contributed by atoms with Gasteiger partial charge in [0.05, 0.1) is 20.8 Å². The van der Waals surface area contributed by atoms with Gasteiger partial charge in [-0.15, -0.1) is 5.10 Å². The average molecular weight is 359 g/mol. The lowest BCUT2D eigenvalue weighted by molar-refractivity contribution is 0.354. The van der Waals surface area contributed by atoms with Crippen LogP contribution in [0.3, 0.4) is 0 Å². The molecule has 0 spiro atoms. The number of rotatable bonds is 6. The summed E-state index contributed by atoms with van der Waals surface area (Å²) in [5.74, 6) is 1.26. The highest BCUT2D eigenvalue weighted by Gasteiger charge is 2.13. The maximum atomic E-state index is 13.6. The van der Waals surface area contributed by atoms with Crippen LogP contribution in [0.5, 0.6) is 11.5 Å². The van der Waals surface area contributed by atoms with Crippen LogP contribution in [0.4, 0.5) is 4.39 Å². The zero-order valence-electron chi connectivity index (χ0n) is 14.2. The van der Waals surface area contributed by atoms with E-state index in [-0.39, 0.29) is 0 Å². The first-order chi connectivity index (χ1) is 12.1. The Kier molecular flexibility index (Phi) is 5.23. The predicted molar refractivity (Wildman–Crippen MR) is 93.9 cm³/mol. The fourth-order valence-electron chi connectivity index (χ4n) is 2.34. The van der Waals surface area contributed by atoms with Gasteiger partial charge in [0.2, 0.25) is 0 Å². The molecule has 25 heavy (non-hydrogen) atoms. The number of hydrogen-bond donors (Lipinski definition) is 0. The van der Waals surface area contributed by atoms with E-state index in [1.165, 1.54) is 17.3 Å². The van der Waals surface area contributed by atoms with Crippen LogP contribution in [-0.4, -0.2) is 29.0 Å². The lowest BCUT2D eigenvalue weighted by Gasteiger charge is -2.10. The Morgan fingerprint density at radius 1 is 1.04 bits per heavy atom. The van der Waals surface area contributed by atoms with E-state index in [1.54, 1.807) is 18.9 Å². The van der Waals surface area contributed by atoms with Crippen LogP contribution in [0.15, 0.2) is 52.5 Å². The Hall–Kier alpha value is -2.54. The van der Waals surface area contributed by atoms with Crippen molar-refractivity contribution in [2.24, 2.45) is 0 Å². The van der Waals surface area contributed by atoms with Crippen LogP contribution in [0.25, 0.3) is 0 Å². The maximum Gasteiger partial charge on any atom is 0.328 e. The molecule has 0 aliphatic carbocycles. The highest BCUT2D eigenvalue weighted by atomic mass is 32.2. The first-order valence-corrected chi connectivity index (χ1v) is 8.46. The summed E-state index contributed by atoms with van der Waals surface area (Å²) in [5, 5.41) is 4.36. The van der Waals surface area contributed by atoms with Gasteiger partial charge in [-0.05, 0) is 36.8 Å². The third kappa shape index (κ3) is 4.11. The molecule has 0 atom stereocenters. The van der Waals surface area contributed by atoms with Gasteiger partial charge in [0, 0.05) is 4.90 Å². The summed E-state index contributed by atoms with van der Waals surface area (Å²) in [7, 11) is 3.16. The summed E-state index contributed by atoms with van der Waals surface area (Å²) >= 11 is 1.37. The van der Waals surface area contributed by atoms with E-state index in [9.17, 15) is 4.39 Å². The van der Waals surface area contributed by atoms with Gasteiger partial charge >= 0.3 is 6.08 Å². The summed E-state index contributed by atoms with van der Waals surface area (Å²) in [6, 6.07) is 13.5. The smallest absolute Gasteiger partial charge is 0.328 e. The molecule has 0 saturated carbocycles. The molecule has 1 heterocycles. The summed E-state index contributed by atoms with van der Waals surface area (Å²) in [6.45, 7) is 2.40. The number of benzene rings is 2. The molecule has 130 valence electrons. The molecule has 7 heteroatoms. The van der Waals surface area contributed by atoms with Crippen molar-refractivity contribution in [1.29, 1.82) is 0 Å². The molecule has 2 aromatic carbocycles. The number of nitrogens with zero attached hydrogens (tertiary/aromatic N) is 3. The number of aromatic nitrogens is 3. The molecule has 0 fully saturated rings. The molecule has 0 aliphatic heterocycles. The van der Waals surface area contributed by atoms with Gasteiger partial charge in [0.15, 0.2) is 16.7 Å². The van der Waals surface area contributed by atoms with Gasteiger partial charge in [-0.25, -0.2) is 4.68 Å². The van der Waals surface area contributed by atoms with Crippen molar-refractivity contribution in [3.8, 4) is 11.5 Å². The molecule has 0 aliphatic rings. The molecule has 0 amide bonds. The second kappa shape index (κ2) is 7.57. The van der Waals surface area contributed by atoms with Gasteiger partial charge < -0.3 is 9.47 Å². The van der Waals surface area contributed by atoms with E-state index in [0.29, 0.717) is 23.2 Å². The van der Waals surface area contributed by atoms with Crippen molar-refractivity contribution in [3.63, 3.8) is 0 Å². The van der Waals surface area contributed by atoms with E-state index < -0.39 is 6.08 Å². The van der Waals surface area contributed by atoms with Crippen molar-refractivity contribution in [2.75, 3.05) is 14.2 Å². The highest BCUT2D eigenvalue weighted by molar-refractivity contribution is 7.99. The number of ether oxygens (including phenoxy) is 2. The van der Waals surface area contributed by atoms with Crippen molar-refractivity contribution < 1.29 is 13.9 Å². The number of methoxy groups -OCH3 is 2. The summed E-state index contributed by atoms with van der Waals surface area (Å²) in [4.78, 5) is 4.87. The molecule has 0 unspecified atom stereocenters. The molecule has 5 nitrogen and oxygen atoms in total. The average Bonchev–Trinajstić information content (AvgIpc) is 2.95. The van der Waals surface area contributed by atoms with Gasteiger partial charge in [0.1, 0.15) is 0 Å². The molecular formula is C18H18FN3O2S. The minimum Gasteiger partial charge on any atom is -0.493 e. The Morgan fingerprint density at radius 3 is 2.44 bits per heavy atom. The lowest BCUT2D eigenvalue weighted by atomic mass is 10.2. The lowest BCUT2D eigenvalue weighted by Crippen LogP contribution is -2.04. The standard InChI is InChI=1S/C18H18FN3O2S/c1-12-4-7-14(8-5-12)25-18-20-17(19)21-22(18)11-13-6-9-15(23-2)16(10-13)24-3/h4-10H,11H2,1-3H3. The molecule has 0 bridgehead atoms. The third-order valence-corrected chi connectivity index (χ3v) is 4.61. The Labute approximate surface area is 149 Å².